The summed E-state index contributed by atoms with van der Waals surface area (Å²) >= 11 is 1.94. The zero-order valence-corrected chi connectivity index (χ0v) is 12.2. The number of hydrogen-bond donors (Lipinski definition) is 1. The Bertz CT molecular complexity index is 375. The van der Waals surface area contributed by atoms with E-state index in [4.69, 9.17) is 0 Å². The second kappa shape index (κ2) is 6.98. The minimum Gasteiger partial charge on any atom is -0.370 e. The van der Waals surface area contributed by atoms with Gasteiger partial charge in [-0.3, -0.25) is 0 Å². The molecular formula is C14H23N3S. The molecule has 3 nitrogen and oxygen atoms in total. The second-order valence-electron chi connectivity index (χ2n) is 4.94. The second-order valence-corrected chi connectivity index (χ2v) is 6.26. The summed E-state index contributed by atoms with van der Waals surface area (Å²) in [7, 11) is 0. The first-order chi connectivity index (χ1) is 8.78. The maximum atomic E-state index is 4.55. The molecule has 1 saturated carbocycles. The lowest BCUT2D eigenvalue weighted by molar-refractivity contribution is 0.515. The van der Waals surface area contributed by atoms with Crippen LogP contribution in [0.1, 0.15) is 51.3 Å². The highest BCUT2D eigenvalue weighted by atomic mass is 32.2. The van der Waals surface area contributed by atoms with E-state index < -0.39 is 0 Å². The fourth-order valence-corrected chi connectivity index (χ4v) is 3.57. The van der Waals surface area contributed by atoms with Crippen molar-refractivity contribution < 1.29 is 0 Å². The SMILES string of the molecule is CCCNc1cc(SC2CCCCC2)nc(C)n1. The number of anilines is 1. The smallest absolute Gasteiger partial charge is 0.130 e. The normalized spacial score (nSPS) is 16.8. The third kappa shape index (κ3) is 4.16. The van der Waals surface area contributed by atoms with E-state index in [0.717, 1.165) is 34.9 Å². The zero-order chi connectivity index (χ0) is 12.8. The molecule has 0 aliphatic heterocycles. The lowest BCUT2D eigenvalue weighted by atomic mass is 10.0. The molecule has 0 saturated heterocycles. The Hall–Kier alpha value is -0.770. The summed E-state index contributed by atoms with van der Waals surface area (Å²) in [5.41, 5.74) is 0. The van der Waals surface area contributed by atoms with Crippen LogP contribution >= 0.6 is 11.8 Å². The van der Waals surface area contributed by atoms with Gasteiger partial charge in [-0.05, 0) is 26.2 Å². The Labute approximate surface area is 114 Å². The molecule has 1 aliphatic carbocycles. The minimum atomic E-state index is 0.757. The van der Waals surface area contributed by atoms with E-state index in [2.05, 4.69) is 28.3 Å². The maximum Gasteiger partial charge on any atom is 0.130 e. The van der Waals surface area contributed by atoms with Crippen LogP contribution in [0.25, 0.3) is 0 Å². The third-order valence-electron chi connectivity index (χ3n) is 3.21. The predicted octanol–water partition coefficient (Wildman–Crippen LogP) is 4.03. The summed E-state index contributed by atoms with van der Waals surface area (Å²) in [6.07, 6.45) is 7.96. The zero-order valence-electron chi connectivity index (χ0n) is 11.4. The quantitative estimate of drug-likeness (QED) is 0.816. The van der Waals surface area contributed by atoms with Crippen molar-refractivity contribution >= 4 is 17.6 Å². The predicted molar refractivity (Wildman–Crippen MR) is 78.3 cm³/mol. The van der Waals surface area contributed by atoms with Crippen molar-refractivity contribution in [1.29, 1.82) is 0 Å². The maximum absolute atomic E-state index is 4.55. The molecule has 18 heavy (non-hydrogen) atoms. The van der Waals surface area contributed by atoms with Gasteiger partial charge in [0.1, 0.15) is 16.7 Å². The van der Waals surface area contributed by atoms with Crippen molar-refractivity contribution in [3.63, 3.8) is 0 Å². The number of hydrogen-bond acceptors (Lipinski definition) is 4. The largest absolute Gasteiger partial charge is 0.370 e. The molecule has 100 valence electrons. The average Bonchev–Trinajstić information content (AvgIpc) is 2.37. The van der Waals surface area contributed by atoms with Gasteiger partial charge in [0, 0.05) is 17.9 Å². The first kappa shape index (κ1) is 13.7. The Kier molecular flexibility index (Phi) is 5.29. The summed E-state index contributed by atoms with van der Waals surface area (Å²) in [4.78, 5) is 8.98. The molecule has 0 amide bonds. The average molecular weight is 265 g/mol. The molecule has 1 N–H and O–H groups in total. The van der Waals surface area contributed by atoms with Gasteiger partial charge in [0.2, 0.25) is 0 Å². The molecular weight excluding hydrogens is 242 g/mol. The third-order valence-corrected chi connectivity index (χ3v) is 4.47. The summed E-state index contributed by atoms with van der Waals surface area (Å²) in [6.45, 7) is 5.12. The van der Waals surface area contributed by atoms with Crippen LogP contribution < -0.4 is 5.32 Å². The molecule has 0 unspecified atom stereocenters. The van der Waals surface area contributed by atoms with E-state index in [0.29, 0.717) is 0 Å². The highest BCUT2D eigenvalue weighted by Crippen LogP contribution is 2.33. The molecule has 0 spiro atoms. The van der Waals surface area contributed by atoms with Gasteiger partial charge in [-0.2, -0.15) is 0 Å². The topological polar surface area (TPSA) is 37.8 Å². The van der Waals surface area contributed by atoms with Crippen LogP contribution in [0.5, 0.6) is 0 Å². The Morgan fingerprint density at radius 3 is 2.78 bits per heavy atom. The standard InChI is InChI=1S/C14H23N3S/c1-3-9-15-13-10-14(17-11(2)16-13)18-12-7-5-4-6-8-12/h10,12H,3-9H2,1-2H3,(H,15,16,17). The first-order valence-electron chi connectivity index (χ1n) is 7.04. The van der Waals surface area contributed by atoms with E-state index >= 15 is 0 Å². The summed E-state index contributed by atoms with van der Waals surface area (Å²) in [5.74, 6) is 1.84. The number of nitrogens with one attached hydrogen (secondary N) is 1. The van der Waals surface area contributed by atoms with Crippen molar-refractivity contribution in [3.05, 3.63) is 11.9 Å². The van der Waals surface area contributed by atoms with Gasteiger partial charge in [0.25, 0.3) is 0 Å². The van der Waals surface area contributed by atoms with Crippen LogP contribution in [0.15, 0.2) is 11.1 Å². The molecule has 1 fully saturated rings. The lowest BCUT2D eigenvalue weighted by Gasteiger charge is -2.20. The monoisotopic (exact) mass is 265 g/mol. The number of nitrogens with zero attached hydrogens (tertiary/aromatic N) is 2. The van der Waals surface area contributed by atoms with Crippen molar-refractivity contribution in [1.82, 2.24) is 9.97 Å². The molecule has 1 aromatic heterocycles. The van der Waals surface area contributed by atoms with Crippen LogP contribution in [0.3, 0.4) is 0 Å². The Morgan fingerprint density at radius 1 is 1.28 bits per heavy atom. The van der Waals surface area contributed by atoms with E-state index in [1.807, 2.05) is 18.7 Å². The molecule has 0 radical (unpaired) electrons. The number of thioether (sulfide) groups is 1. The van der Waals surface area contributed by atoms with Gasteiger partial charge in [0.05, 0.1) is 0 Å². The highest BCUT2D eigenvalue weighted by molar-refractivity contribution is 7.99. The minimum absolute atomic E-state index is 0.757. The van der Waals surface area contributed by atoms with Gasteiger partial charge in [0.15, 0.2) is 0 Å². The molecule has 0 atom stereocenters. The van der Waals surface area contributed by atoms with Crippen molar-refractivity contribution in [2.45, 2.75) is 62.6 Å². The fraction of sp³-hybridized carbons (Fsp3) is 0.714. The van der Waals surface area contributed by atoms with E-state index in [1.165, 1.54) is 32.1 Å². The molecule has 1 heterocycles. The summed E-state index contributed by atoms with van der Waals surface area (Å²) in [6, 6.07) is 2.10. The van der Waals surface area contributed by atoms with Gasteiger partial charge in [-0.15, -0.1) is 11.8 Å². The van der Waals surface area contributed by atoms with Crippen LogP contribution in [0.2, 0.25) is 0 Å². The number of rotatable bonds is 5. The van der Waals surface area contributed by atoms with Crippen molar-refractivity contribution in [2.24, 2.45) is 0 Å². The number of aromatic nitrogens is 2. The fourth-order valence-electron chi connectivity index (χ4n) is 2.30. The number of aryl methyl sites for hydroxylation is 1. The van der Waals surface area contributed by atoms with Crippen LogP contribution in [0, 0.1) is 6.92 Å². The van der Waals surface area contributed by atoms with Gasteiger partial charge in [-0.1, -0.05) is 26.2 Å². The van der Waals surface area contributed by atoms with Gasteiger partial charge >= 0.3 is 0 Å². The Balaban J connectivity index is 1.99. The van der Waals surface area contributed by atoms with Crippen LogP contribution in [-0.4, -0.2) is 21.8 Å². The first-order valence-corrected chi connectivity index (χ1v) is 7.92. The molecule has 1 aromatic rings. The van der Waals surface area contributed by atoms with Gasteiger partial charge < -0.3 is 5.32 Å². The molecule has 2 rings (SSSR count). The lowest BCUT2D eigenvalue weighted by Crippen LogP contribution is -2.09. The van der Waals surface area contributed by atoms with Crippen LogP contribution in [0.4, 0.5) is 5.82 Å². The van der Waals surface area contributed by atoms with E-state index in [1.54, 1.807) is 0 Å². The molecule has 1 aliphatic rings. The van der Waals surface area contributed by atoms with E-state index in [9.17, 15) is 0 Å². The van der Waals surface area contributed by atoms with Crippen molar-refractivity contribution in [3.8, 4) is 0 Å². The van der Waals surface area contributed by atoms with Crippen molar-refractivity contribution in [2.75, 3.05) is 11.9 Å². The van der Waals surface area contributed by atoms with Gasteiger partial charge in [-0.25, -0.2) is 9.97 Å². The molecule has 0 aromatic carbocycles. The molecule has 4 heteroatoms. The Morgan fingerprint density at radius 2 is 2.06 bits per heavy atom. The highest BCUT2D eigenvalue weighted by Gasteiger charge is 2.15. The van der Waals surface area contributed by atoms with Crippen LogP contribution in [-0.2, 0) is 0 Å². The molecule has 0 bridgehead atoms. The summed E-state index contributed by atoms with van der Waals surface area (Å²) < 4.78 is 0. The van der Waals surface area contributed by atoms with E-state index in [-0.39, 0.29) is 0 Å². The summed E-state index contributed by atoms with van der Waals surface area (Å²) in [5, 5.41) is 5.24.